The van der Waals surface area contributed by atoms with E-state index in [1.165, 1.54) is 6.20 Å². The molecule has 0 aliphatic heterocycles. The number of carbonyl (C=O) groups excluding carboxylic acids is 1. The first-order chi connectivity index (χ1) is 9.60. The molecule has 1 heterocycles. The van der Waals surface area contributed by atoms with E-state index in [1.807, 2.05) is 0 Å². The number of H-pyrrole nitrogens is 1. The number of halogens is 1. The van der Waals surface area contributed by atoms with E-state index >= 15 is 0 Å². The van der Waals surface area contributed by atoms with Gasteiger partial charge in [0, 0.05) is 22.3 Å². The number of carbonyl (C=O) groups is 1. The topological polar surface area (TPSA) is 72.0 Å². The van der Waals surface area contributed by atoms with Crippen molar-refractivity contribution in [3.63, 3.8) is 0 Å². The van der Waals surface area contributed by atoms with Crippen LogP contribution in [0, 0.1) is 0 Å². The zero-order valence-electron chi connectivity index (χ0n) is 10.9. The van der Waals surface area contributed by atoms with E-state index in [4.69, 9.17) is 16.3 Å². The number of rotatable bonds is 4. The fraction of sp³-hybridized carbons (Fsp3) is 0.214. The molecule has 0 amide bonds. The normalized spacial score (nSPS) is 10.3. The molecule has 0 fully saturated rings. The van der Waals surface area contributed by atoms with Crippen LogP contribution in [0.3, 0.4) is 0 Å². The molecule has 2 rings (SSSR count). The molecule has 0 saturated heterocycles. The Bertz CT molecular complexity index is 665. The molecular weight excluding hydrogens is 280 g/mol. The third kappa shape index (κ3) is 3.45. The molecule has 1 N–H and O–H groups in total. The Morgan fingerprint density at radius 3 is 2.65 bits per heavy atom. The van der Waals surface area contributed by atoms with Crippen LogP contribution in [0.2, 0.25) is 5.02 Å². The van der Waals surface area contributed by atoms with E-state index in [2.05, 4.69) is 9.97 Å². The standard InChI is InChI=1S/C14H13ClN2O3/c1-2-20-12(18)7-10-8-16-13(17-14(10)19)9-3-5-11(15)6-4-9/h3-6,8H,2,7H2,1H3,(H,16,17,19). The van der Waals surface area contributed by atoms with E-state index < -0.39 is 5.97 Å². The monoisotopic (exact) mass is 292 g/mol. The summed E-state index contributed by atoms with van der Waals surface area (Å²) in [6.07, 6.45) is 1.30. The summed E-state index contributed by atoms with van der Waals surface area (Å²) in [6, 6.07) is 6.93. The Hall–Kier alpha value is -2.14. The highest BCUT2D eigenvalue weighted by Crippen LogP contribution is 2.16. The smallest absolute Gasteiger partial charge is 0.310 e. The van der Waals surface area contributed by atoms with Crippen LogP contribution in [0.1, 0.15) is 12.5 Å². The third-order valence-corrected chi connectivity index (χ3v) is 2.88. The van der Waals surface area contributed by atoms with Crippen LogP contribution in [0.25, 0.3) is 11.4 Å². The van der Waals surface area contributed by atoms with Gasteiger partial charge in [-0.3, -0.25) is 9.59 Å². The van der Waals surface area contributed by atoms with Gasteiger partial charge in [-0.25, -0.2) is 4.98 Å². The Morgan fingerprint density at radius 1 is 1.35 bits per heavy atom. The molecule has 1 aromatic heterocycles. The Labute approximate surface area is 120 Å². The molecule has 1 aromatic carbocycles. The Kier molecular flexibility index (Phi) is 4.53. The van der Waals surface area contributed by atoms with Crippen molar-refractivity contribution < 1.29 is 9.53 Å². The second-order valence-corrected chi connectivity index (χ2v) is 4.51. The predicted molar refractivity (Wildman–Crippen MR) is 75.6 cm³/mol. The summed E-state index contributed by atoms with van der Waals surface area (Å²) in [4.78, 5) is 30.0. The van der Waals surface area contributed by atoms with Crippen molar-refractivity contribution in [2.75, 3.05) is 6.61 Å². The van der Waals surface area contributed by atoms with Crippen molar-refractivity contribution in [1.82, 2.24) is 9.97 Å². The van der Waals surface area contributed by atoms with Crippen LogP contribution in [-0.4, -0.2) is 22.5 Å². The summed E-state index contributed by atoms with van der Waals surface area (Å²) in [7, 11) is 0. The highest BCUT2D eigenvalue weighted by molar-refractivity contribution is 6.30. The van der Waals surface area contributed by atoms with Gasteiger partial charge in [-0.2, -0.15) is 0 Å². The maximum atomic E-state index is 11.9. The number of esters is 1. The lowest BCUT2D eigenvalue weighted by Gasteiger charge is -2.04. The number of aromatic amines is 1. The van der Waals surface area contributed by atoms with Gasteiger partial charge in [0.15, 0.2) is 0 Å². The lowest BCUT2D eigenvalue weighted by Crippen LogP contribution is -2.19. The van der Waals surface area contributed by atoms with Gasteiger partial charge in [-0.1, -0.05) is 11.6 Å². The molecule has 2 aromatic rings. The van der Waals surface area contributed by atoms with Crippen molar-refractivity contribution >= 4 is 17.6 Å². The summed E-state index contributed by atoms with van der Waals surface area (Å²) in [5, 5.41) is 0.607. The number of benzene rings is 1. The van der Waals surface area contributed by atoms with Gasteiger partial charge in [0.2, 0.25) is 0 Å². The number of nitrogens with one attached hydrogen (secondary N) is 1. The van der Waals surface area contributed by atoms with Crippen LogP contribution >= 0.6 is 11.6 Å². The first-order valence-electron chi connectivity index (χ1n) is 6.10. The fourth-order valence-corrected chi connectivity index (χ4v) is 1.80. The van der Waals surface area contributed by atoms with Crippen molar-refractivity contribution in [3.05, 3.63) is 51.4 Å². The summed E-state index contributed by atoms with van der Waals surface area (Å²) < 4.78 is 4.79. The molecule has 0 aliphatic carbocycles. The first kappa shape index (κ1) is 14.3. The number of aromatic nitrogens is 2. The molecule has 5 nitrogen and oxygen atoms in total. The minimum Gasteiger partial charge on any atom is -0.466 e. The minimum atomic E-state index is -0.445. The zero-order valence-corrected chi connectivity index (χ0v) is 11.6. The molecule has 0 atom stereocenters. The lowest BCUT2D eigenvalue weighted by molar-refractivity contribution is -0.142. The van der Waals surface area contributed by atoms with E-state index in [1.54, 1.807) is 31.2 Å². The van der Waals surface area contributed by atoms with E-state index in [0.717, 1.165) is 5.56 Å². The molecule has 104 valence electrons. The van der Waals surface area contributed by atoms with Gasteiger partial charge in [0.05, 0.1) is 13.0 Å². The van der Waals surface area contributed by atoms with E-state index in [9.17, 15) is 9.59 Å². The summed E-state index contributed by atoms with van der Waals surface area (Å²) in [5.74, 6) is -0.0154. The van der Waals surface area contributed by atoms with Gasteiger partial charge in [0.1, 0.15) is 5.82 Å². The molecule has 0 spiro atoms. The second-order valence-electron chi connectivity index (χ2n) is 4.07. The highest BCUT2D eigenvalue weighted by Gasteiger charge is 2.10. The molecule has 0 bridgehead atoms. The van der Waals surface area contributed by atoms with Crippen LogP contribution in [0.15, 0.2) is 35.3 Å². The maximum Gasteiger partial charge on any atom is 0.310 e. The van der Waals surface area contributed by atoms with Crippen LogP contribution in [-0.2, 0) is 16.0 Å². The summed E-state index contributed by atoms with van der Waals surface area (Å²) in [5.41, 5.74) is 0.674. The van der Waals surface area contributed by atoms with Crippen molar-refractivity contribution in [3.8, 4) is 11.4 Å². The van der Waals surface area contributed by atoms with E-state index in [0.29, 0.717) is 10.8 Å². The molecule has 6 heteroatoms. The Morgan fingerprint density at radius 2 is 2.05 bits per heavy atom. The summed E-state index contributed by atoms with van der Waals surface area (Å²) >= 11 is 5.80. The van der Waals surface area contributed by atoms with Crippen molar-refractivity contribution in [1.29, 1.82) is 0 Å². The second kappa shape index (κ2) is 6.34. The van der Waals surface area contributed by atoms with Crippen LogP contribution in [0.5, 0.6) is 0 Å². The SMILES string of the molecule is CCOC(=O)Cc1cnc(-c2ccc(Cl)cc2)[nH]c1=O. The average Bonchev–Trinajstić information content (AvgIpc) is 2.42. The van der Waals surface area contributed by atoms with Gasteiger partial charge in [-0.05, 0) is 31.2 Å². The third-order valence-electron chi connectivity index (χ3n) is 2.63. The molecule has 20 heavy (non-hydrogen) atoms. The molecule has 0 saturated carbocycles. The van der Waals surface area contributed by atoms with Crippen LogP contribution in [0.4, 0.5) is 0 Å². The number of ether oxygens (including phenoxy) is 1. The zero-order chi connectivity index (χ0) is 14.5. The number of hydrogen-bond acceptors (Lipinski definition) is 4. The van der Waals surface area contributed by atoms with Gasteiger partial charge < -0.3 is 9.72 Å². The molecule has 0 unspecified atom stereocenters. The minimum absolute atomic E-state index is 0.0862. The largest absolute Gasteiger partial charge is 0.466 e. The maximum absolute atomic E-state index is 11.9. The fourth-order valence-electron chi connectivity index (χ4n) is 1.67. The highest BCUT2D eigenvalue weighted by atomic mass is 35.5. The number of hydrogen-bond donors (Lipinski definition) is 1. The average molecular weight is 293 g/mol. The summed E-state index contributed by atoms with van der Waals surface area (Å²) in [6.45, 7) is 2.00. The van der Waals surface area contributed by atoms with Crippen LogP contribution < -0.4 is 5.56 Å². The lowest BCUT2D eigenvalue weighted by atomic mass is 10.2. The van der Waals surface area contributed by atoms with Gasteiger partial charge in [-0.15, -0.1) is 0 Å². The first-order valence-corrected chi connectivity index (χ1v) is 6.47. The number of nitrogens with zero attached hydrogens (tertiary/aromatic N) is 1. The predicted octanol–water partition coefficient (Wildman–Crippen LogP) is 2.20. The van der Waals surface area contributed by atoms with Gasteiger partial charge >= 0.3 is 5.97 Å². The molecule has 0 radical (unpaired) electrons. The van der Waals surface area contributed by atoms with Crippen molar-refractivity contribution in [2.24, 2.45) is 0 Å². The van der Waals surface area contributed by atoms with Gasteiger partial charge in [0.25, 0.3) is 5.56 Å². The van der Waals surface area contributed by atoms with Crippen molar-refractivity contribution in [2.45, 2.75) is 13.3 Å². The quantitative estimate of drug-likeness (QED) is 0.877. The van der Waals surface area contributed by atoms with E-state index in [-0.39, 0.29) is 24.2 Å². The molecule has 0 aliphatic rings. The Balaban J connectivity index is 2.23. The molecular formula is C14H13ClN2O3.